The lowest BCUT2D eigenvalue weighted by molar-refractivity contribution is 0.0690. The number of para-hydroxylation sites is 1. The van der Waals surface area contributed by atoms with Crippen LogP contribution < -0.4 is 0 Å². The summed E-state index contributed by atoms with van der Waals surface area (Å²) < 4.78 is 0. The van der Waals surface area contributed by atoms with Crippen LogP contribution in [-0.4, -0.2) is 16.1 Å². The molecule has 0 radical (unpaired) electrons. The van der Waals surface area contributed by atoms with Gasteiger partial charge in [0.1, 0.15) is 5.69 Å². The van der Waals surface area contributed by atoms with Gasteiger partial charge in [-0.05, 0) is 17.2 Å². The van der Waals surface area contributed by atoms with E-state index in [1.807, 2.05) is 54.6 Å². The standard InChI is InChI=1S/C16H13NO2/c18-16(19)15-13(10-11-6-2-1-3-7-11)12-8-4-5-9-14(12)17-15/h1-9,17H,10H2,(H,18,19). The number of aromatic amines is 1. The average Bonchev–Trinajstić information content (AvgIpc) is 2.79. The third kappa shape index (κ3) is 2.10. The van der Waals surface area contributed by atoms with Gasteiger partial charge in [0, 0.05) is 17.3 Å². The number of carboxylic acids is 1. The molecule has 0 bridgehead atoms. The lowest BCUT2D eigenvalue weighted by Crippen LogP contribution is -2.01. The fourth-order valence-corrected chi connectivity index (χ4v) is 2.37. The Kier molecular flexibility index (Phi) is 2.80. The SMILES string of the molecule is O=C(O)c1[nH]c2ccccc2c1Cc1ccccc1. The van der Waals surface area contributed by atoms with Crippen molar-refractivity contribution in [3.63, 3.8) is 0 Å². The van der Waals surface area contributed by atoms with Crippen molar-refractivity contribution >= 4 is 16.9 Å². The largest absolute Gasteiger partial charge is 0.477 e. The summed E-state index contributed by atoms with van der Waals surface area (Å²) in [6, 6.07) is 17.6. The van der Waals surface area contributed by atoms with Crippen LogP contribution in [0.15, 0.2) is 54.6 Å². The molecule has 3 rings (SSSR count). The number of H-pyrrole nitrogens is 1. The monoisotopic (exact) mass is 251 g/mol. The highest BCUT2D eigenvalue weighted by atomic mass is 16.4. The quantitative estimate of drug-likeness (QED) is 0.749. The fraction of sp³-hybridized carbons (Fsp3) is 0.0625. The second kappa shape index (κ2) is 4.61. The number of aromatic nitrogens is 1. The Labute approximate surface area is 110 Å². The second-order valence-electron chi connectivity index (χ2n) is 4.49. The summed E-state index contributed by atoms with van der Waals surface area (Å²) in [5.74, 6) is -0.915. The van der Waals surface area contributed by atoms with Crippen LogP contribution in [-0.2, 0) is 6.42 Å². The van der Waals surface area contributed by atoms with Crippen molar-refractivity contribution in [1.82, 2.24) is 4.98 Å². The van der Waals surface area contributed by atoms with E-state index < -0.39 is 5.97 Å². The van der Waals surface area contributed by atoms with E-state index in [1.165, 1.54) is 0 Å². The van der Waals surface area contributed by atoms with Crippen LogP contribution in [0.3, 0.4) is 0 Å². The molecule has 0 aliphatic heterocycles. The first-order chi connectivity index (χ1) is 9.25. The van der Waals surface area contributed by atoms with Gasteiger partial charge in [-0.2, -0.15) is 0 Å². The van der Waals surface area contributed by atoms with Crippen LogP contribution in [0, 0.1) is 0 Å². The topological polar surface area (TPSA) is 53.1 Å². The first-order valence-corrected chi connectivity index (χ1v) is 6.12. The third-order valence-electron chi connectivity index (χ3n) is 3.25. The molecule has 2 aromatic carbocycles. The van der Waals surface area contributed by atoms with Crippen molar-refractivity contribution < 1.29 is 9.90 Å². The molecule has 1 aromatic heterocycles. The van der Waals surface area contributed by atoms with Crippen molar-refractivity contribution in [2.45, 2.75) is 6.42 Å². The third-order valence-corrected chi connectivity index (χ3v) is 3.25. The molecule has 94 valence electrons. The van der Waals surface area contributed by atoms with Crippen molar-refractivity contribution in [1.29, 1.82) is 0 Å². The average molecular weight is 251 g/mol. The number of rotatable bonds is 3. The molecule has 0 fully saturated rings. The smallest absolute Gasteiger partial charge is 0.352 e. The summed E-state index contributed by atoms with van der Waals surface area (Å²) in [6.45, 7) is 0. The van der Waals surface area contributed by atoms with E-state index in [2.05, 4.69) is 4.98 Å². The lowest BCUT2D eigenvalue weighted by Gasteiger charge is -2.02. The maximum Gasteiger partial charge on any atom is 0.352 e. The summed E-state index contributed by atoms with van der Waals surface area (Å²) in [4.78, 5) is 14.3. The molecule has 0 aliphatic rings. The number of aromatic carboxylic acids is 1. The zero-order chi connectivity index (χ0) is 13.2. The van der Waals surface area contributed by atoms with E-state index in [1.54, 1.807) is 0 Å². The van der Waals surface area contributed by atoms with Crippen molar-refractivity contribution in [2.24, 2.45) is 0 Å². The van der Waals surface area contributed by atoms with Gasteiger partial charge in [0.15, 0.2) is 0 Å². The van der Waals surface area contributed by atoms with Crippen LogP contribution in [0.2, 0.25) is 0 Å². The van der Waals surface area contributed by atoms with E-state index in [4.69, 9.17) is 0 Å². The highest BCUT2D eigenvalue weighted by molar-refractivity contribution is 5.97. The van der Waals surface area contributed by atoms with Gasteiger partial charge >= 0.3 is 5.97 Å². The molecule has 0 amide bonds. The molecule has 1 heterocycles. The maximum atomic E-state index is 11.4. The Morgan fingerprint density at radius 2 is 1.68 bits per heavy atom. The minimum absolute atomic E-state index is 0.282. The van der Waals surface area contributed by atoms with Gasteiger partial charge in [-0.15, -0.1) is 0 Å². The number of benzene rings is 2. The van der Waals surface area contributed by atoms with Crippen molar-refractivity contribution in [3.8, 4) is 0 Å². The molecular weight excluding hydrogens is 238 g/mol. The summed E-state index contributed by atoms with van der Waals surface area (Å²) in [5, 5.41) is 10.3. The predicted molar refractivity (Wildman–Crippen MR) is 74.5 cm³/mol. The molecule has 3 aromatic rings. The van der Waals surface area contributed by atoms with Crippen LogP contribution in [0.25, 0.3) is 10.9 Å². The number of nitrogens with one attached hydrogen (secondary N) is 1. The van der Waals surface area contributed by atoms with E-state index in [9.17, 15) is 9.90 Å². The second-order valence-corrected chi connectivity index (χ2v) is 4.49. The lowest BCUT2D eigenvalue weighted by atomic mass is 10.0. The predicted octanol–water partition coefficient (Wildman–Crippen LogP) is 3.46. The molecule has 0 unspecified atom stereocenters. The number of hydrogen-bond donors (Lipinski definition) is 2. The number of carboxylic acid groups (broad SMARTS) is 1. The van der Waals surface area contributed by atoms with E-state index in [0.29, 0.717) is 6.42 Å². The Bertz CT molecular complexity index is 729. The summed E-state index contributed by atoms with van der Waals surface area (Å²) in [7, 11) is 0. The first-order valence-electron chi connectivity index (χ1n) is 6.12. The highest BCUT2D eigenvalue weighted by Crippen LogP contribution is 2.25. The van der Waals surface area contributed by atoms with Gasteiger partial charge in [0.2, 0.25) is 0 Å². The van der Waals surface area contributed by atoms with Gasteiger partial charge in [-0.25, -0.2) is 4.79 Å². The highest BCUT2D eigenvalue weighted by Gasteiger charge is 2.16. The summed E-state index contributed by atoms with van der Waals surface area (Å²) in [6.07, 6.45) is 0.618. The molecule has 3 heteroatoms. The van der Waals surface area contributed by atoms with E-state index in [-0.39, 0.29) is 5.69 Å². The normalized spacial score (nSPS) is 10.7. The Hall–Kier alpha value is -2.55. The molecule has 0 saturated heterocycles. The Balaban J connectivity index is 2.15. The minimum Gasteiger partial charge on any atom is -0.477 e. The van der Waals surface area contributed by atoms with Gasteiger partial charge in [-0.3, -0.25) is 0 Å². The maximum absolute atomic E-state index is 11.4. The van der Waals surface area contributed by atoms with Crippen LogP contribution in [0.1, 0.15) is 21.6 Å². The molecule has 19 heavy (non-hydrogen) atoms. The van der Waals surface area contributed by atoms with Crippen LogP contribution in [0.4, 0.5) is 0 Å². The molecule has 0 aliphatic carbocycles. The van der Waals surface area contributed by atoms with Gasteiger partial charge in [-0.1, -0.05) is 48.5 Å². The molecule has 0 atom stereocenters. The van der Waals surface area contributed by atoms with Gasteiger partial charge in [0.25, 0.3) is 0 Å². The molecule has 3 nitrogen and oxygen atoms in total. The van der Waals surface area contributed by atoms with E-state index >= 15 is 0 Å². The van der Waals surface area contributed by atoms with E-state index in [0.717, 1.165) is 22.0 Å². The van der Waals surface area contributed by atoms with Crippen LogP contribution in [0.5, 0.6) is 0 Å². The molecular formula is C16H13NO2. The molecule has 0 spiro atoms. The van der Waals surface area contributed by atoms with Crippen LogP contribution >= 0.6 is 0 Å². The number of carbonyl (C=O) groups is 1. The zero-order valence-corrected chi connectivity index (χ0v) is 10.3. The van der Waals surface area contributed by atoms with Gasteiger partial charge < -0.3 is 10.1 Å². The molecule has 0 saturated carbocycles. The van der Waals surface area contributed by atoms with Crippen molar-refractivity contribution in [2.75, 3.05) is 0 Å². The minimum atomic E-state index is -0.915. The fourth-order valence-electron chi connectivity index (χ4n) is 2.37. The zero-order valence-electron chi connectivity index (χ0n) is 10.3. The summed E-state index contributed by atoms with van der Waals surface area (Å²) >= 11 is 0. The van der Waals surface area contributed by atoms with Gasteiger partial charge in [0.05, 0.1) is 0 Å². The number of hydrogen-bond acceptors (Lipinski definition) is 1. The Morgan fingerprint density at radius 1 is 1.00 bits per heavy atom. The number of fused-ring (bicyclic) bond motifs is 1. The molecule has 2 N–H and O–H groups in total. The van der Waals surface area contributed by atoms with Crippen molar-refractivity contribution in [3.05, 3.63) is 71.4 Å². The Morgan fingerprint density at radius 3 is 2.42 bits per heavy atom. The summed E-state index contributed by atoms with van der Waals surface area (Å²) in [5.41, 5.74) is 3.10. The first kappa shape index (κ1) is 11.5.